The number of ether oxygens (including phenoxy) is 2. The van der Waals surface area contributed by atoms with Gasteiger partial charge in [0, 0.05) is 44.7 Å². The summed E-state index contributed by atoms with van der Waals surface area (Å²) in [4.78, 5) is 56.6. The fraction of sp³-hybridized carbons (Fsp3) is 0.448. The van der Waals surface area contributed by atoms with Gasteiger partial charge in [-0.25, -0.2) is 9.59 Å². The maximum absolute atomic E-state index is 13.8. The molecule has 2 N–H and O–H groups in total. The lowest BCUT2D eigenvalue weighted by molar-refractivity contribution is -0.137. The van der Waals surface area contributed by atoms with Crippen molar-refractivity contribution in [3.8, 4) is 0 Å². The van der Waals surface area contributed by atoms with Crippen LogP contribution in [0, 0.1) is 0 Å². The molecule has 11 nitrogen and oxygen atoms in total. The van der Waals surface area contributed by atoms with E-state index in [0.29, 0.717) is 63.4 Å². The molecule has 2 fully saturated rings. The first kappa shape index (κ1) is 28.9. The van der Waals surface area contributed by atoms with E-state index in [-0.39, 0.29) is 31.0 Å². The van der Waals surface area contributed by atoms with Crippen molar-refractivity contribution in [1.29, 1.82) is 0 Å². The standard InChI is InChI=1S/C29H37N5O6/c1-3-40-26(36)22-10-12-23(13-11-22)31-28(38)32-17-14-29(15-18-32)27(37)33(20-25(35)30-16-7-19-39-2)21-34(29)24-8-5-4-6-9-24/h4-6,8-13H,3,7,14-21H2,1-2H3,(H,30,35)(H,31,38). The number of nitrogens with zero attached hydrogens (tertiary/aromatic N) is 3. The zero-order chi connectivity index (χ0) is 28.5. The average molecular weight is 552 g/mol. The van der Waals surface area contributed by atoms with Gasteiger partial charge in [-0.1, -0.05) is 18.2 Å². The highest BCUT2D eigenvalue weighted by Gasteiger charge is 2.54. The Balaban J connectivity index is 1.41. The van der Waals surface area contributed by atoms with Crippen molar-refractivity contribution in [2.24, 2.45) is 0 Å². The van der Waals surface area contributed by atoms with Crippen LogP contribution in [0.3, 0.4) is 0 Å². The number of urea groups is 1. The van der Waals surface area contributed by atoms with Crippen LogP contribution in [-0.2, 0) is 19.1 Å². The molecule has 40 heavy (non-hydrogen) atoms. The zero-order valence-corrected chi connectivity index (χ0v) is 23.1. The van der Waals surface area contributed by atoms with Gasteiger partial charge < -0.3 is 34.8 Å². The van der Waals surface area contributed by atoms with E-state index in [1.54, 1.807) is 48.1 Å². The SMILES string of the molecule is CCOC(=O)c1ccc(NC(=O)N2CCC3(CC2)C(=O)N(CC(=O)NCCCOC)CN3c2ccccc2)cc1. The Morgan fingerprint density at radius 1 is 1.00 bits per heavy atom. The molecule has 2 heterocycles. The number of nitrogens with one attached hydrogen (secondary N) is 2. The summed E-state index contributed by atoms with van der Waals surface area (Å²) in [7, 11) is 1.61. The van der Waals surface area contributed by atoms with Crippen molar-refractivity contribution >= 4 is 35.2 Å². The van der Waals surface area contributed by atoms with Gasteiger partial charge in [0.1, 0.15) is 12.1 Å². The summed E-state index contributed by atoms with van der Waals surface area (Å²) in [5.74, 6) is -0.721. The summed E-state index contributed by atoms with van der Waals surface area (Å²) in [5.41, 5.74) is 1.03. The third-order valence-corrected chi connectivity index (χ3v) is 7.29. The van der Waals surface area contributed by atoms with Crippen LogP contribution in [0.4, 0.5) is 16.2 Å². The summed E-state index contributed by atoms with van der Waals surface area (Å²) in [6, 6.07) is 15.9. The number of piperidine rings is 1. The lowest BCUT2D eigenvalue weighted by atomic mass is 9.85. The van der Waals surface area contributed by atoms with E-state index in [1.165, 1.54) is 0 Å². The Morgan fingerprint density at radius 3 is 2.35 bits per heavy atom. The largest absolute Gasteiger partial charge is 0.462 e. The second kappa shape index (κ2) is 13.3. The number of likely N-dealkylation sites (tertiary alicyclic amines) is 1. The molecule has 0 unspecified atom stereocenters. The van der Waals surface area contributed by atoms with E-state index in [4.69, 9.17) is 9.47 Å². The summed E-state index contributed by atoms with van der Waals surface area (Å²) >= 11 is 0. The second-order valence-corrected chi connectivity index (χ2v) is 9.85. The van der Waals surface area contributed by atoms with Crippen LogP contribution < -0.4 is 15.5 Å². The van der Waals surface area contributed by atoms with E-state index in [9.17, 15) is 19.2 Å². The Hall–Kier alpha value is -4.12. The van der Waals surface area contributed by atoms with Crippen molar-refractivity contribution in [3.63, 3.8) is 0 Å². The van der Waals surface area contributed by atoms with Crippen LogP contribution in [-0.4, -0.2) is 92.3 Å². The highest BCUT2D eigenvalue weighted by Crippen LogP contribution is 2.39. The van der Waals surface area contributed by atoms with Crippen LogP contribution in [0.25, 0.3) is 0 Å². The van der Waals surface area contributed by atoms with Crippen LogP contribution >= 0.6 is 0 Å². The molecular formula is C29H37N5O6. The summed E-state index contributed by atoms with van der Waals surface area (Å²) in [6.45, 7) is 4.09. The number of para-hydroxylation sites is 1. The predicted octanol–water partition coefficient (Wildman–Crippen LogP) is 2.69. The minimum absolute atomic E-state index is 0.0249. The second-order valence-electron chi connectivity index (χ2n) is 9.85. The molecule has 0 atom stereocenters. The molecule has 2 aromatic rings. The predicted molar refractivity (Wildman–Crippen MR) is 150 cm³/mol. The van der Waals surface area contributed by atoms with Crippen molar-refractivity contribution in [2.75, 3.05) is 63.4 Å². The van der Waals surface area contributed by atoms with E-state index in [0.717, 1.165) is 5.69 Å². The summed E-state index contributed by atoms with van der Waals surface area (Å²) in [6.07, 6.45) is 1.56. The molecule has 11 heteroatoms. The summed E-state index contributed by atoms with van der Waals surface area (Å²) in [5, 5.41) is 5.72. The lowest BCUT2D eigenvalue weighted by Crippen LogP contribution is -2.58. The van der Waals surface area contributed by atoms with Crippen LogP contribution in [0.1, 0.15) is 36.5 Å². The van der Waals surface area contributed by atoms with Crippen LogP contribution in [0.2, 0.25) is 0 Å². The van der Waals surface area contributed by atoms with E-state index in [1.807, 2.05) is 30.3 Å². The van der Waals surface area contributed by atoms with E-state index < -0.39 is 11.5 Å². The molecule has 4 amide bonds. The normalized spacial score (nSPS) is 16.2. The number of hydrogen-bond donors (Lipinski definition) is 2. The first-order chi connectivity index (χ1) is 19.4. The Kier molecular flexibility index (Phi) is 9.60. The molecule has 4 rings (SSSR count). The quantitative estimate of drug-likeness (QED) is 0.344. The molecule has 0 aromatic heterocycles. The molecule has 214 valence electrons. The molecule has 2 aromatic carbocycles. The number of methoxy groups -OCH3 is 1. The van der Waals surface area contributed by atoms with E-state index >= 15 is 0 Å². The van der Waals surface area contributed by atoms with Gasteiger partial charge in [0.15, 0.2) is 0 Å². The number of hydrogen-bond acceptors (Lipinski definition) is 7. The van der Waals surface area contributed by atoms with Gasteiger partial charge in [-0.05, 0) is 62.6 Å². The highest BCUT2D eigenvalue weighted by atomic mass is 16.5. The highest BCUT2D eigenvalue weighted by molar-refractivity contribution is 5.97. The molecule has 0 bridgehead atoms. The van der Waals surface area contributed by atoms with Gasteiger partial charge in [0.2, 0.25) is 5.91 Å². The first-order valence-corrected chi connectivity index (χ1v) is 13.6. The smallest absolute Gasteiger partial charge is 0.338 e. The van der Waals surface area contributed by atoms with E-state index in [2.05, 4.69) is 15.5 Å². The van der Waals surface area contributed by atoms with Crippen molar-refractivity contribution < 1.29 is 28.7 Å². The van der Waals surface area contributed by atoms with Crippen LogP contribution in [0.15, 0.2) is 54.6 Å². The molecule has 0 radical (unpaired) electrons. The number of rotatable bonds is 10. The molecule has 2 aliphatic heterocycles. The number of carbonyl (C=O) groups is 4. The minimum atomic E-state index is -0.838. The molecular weight excluding hydrogens is 514 g/mol. The zero-order valence-electron chi connectivity index (χ0n) is 23.1. The van der Waals surface area contributed by atoms with Gasteiger partial charge in [0.25, 0.3) is 5.91 Å². The fourth-order valence-electron chi connectivity index (χ4n) is 5.18. The van der Waals surface area contributed by atoms with Gasteiger partial charge in [0.05, 0.1) is 18.8 Å². The number of carbonyl (C=O) groups excluding carboxylic acids is 4. The topological polar surface area (TPSA) is 121 Å². The van der Waals surface area contributed by atoms with Gasteiger partial charge in [-0.15, -0.1) is 0 Å². The third kappa shape index (κ3) is 6.53. The number of anilines is 2. The Morgan fingerprint density at radius 2 is 1.70 bits per heavy atom. The number of benzene rings is 2. The maximum Gasteiger partial charge on any atom is 0.338 e. The molecule has 2 aliphatic rings. The van der Waals surface area contributed by atoms with Crippen molar-refractivity contribution in [2.45, 2.75) is 31.7 Å². The van der Waals surface area contributed by atoms with Crippen LogP contribution in [0.5, 0.6) is 0 Å². The lowest BCUT2D eigenvalue weighted by Gasteiger charge is -2.43. The molecule has 0 aliphatic carbocycles. The Labute approximate surface area is 234 Å². The molecule has 1 spiro atoms. The Bertz CT molecular complexity index is 1180. The molecule has 0 saturated carbocycles. The maximum atomic E-state index is 13.8. The van der Waals surface area contributed by atoms with Crippen molar-refractivity contribution in [3.05, 3.63) is 60.2 Å². The molecule has 2 saturated heterocycles. The van der Waals surface area contributed by atoms with Gasteiger partial charge in [-0.3, -0.25) is 9.59 Å². The monoisotopic (exact) mass is 551 g/mol. The van der Waals surface area contributed by atoms with Crippen molar-refractivity contribution in [1.82, 2.24) is 15.1 Å². The fourth-order valence-corrected chi connectivity index (χ4v) is 5.18. The summed E-state index contributed by atoms with van der Waals surface area (Å²) < 4.78 is 10.0. The number of esters is 1. The third-order valence-electron chi connectivity index (χ3n) is 7.29. The van der Waals surface area contributed by atoms with Gasteiger partial charge in [-0.2, -0.15) is 0 Å². The first-order valence-electron chi connectivity index (χ1n) is 13.6. The number of amides is 4. The average Bonchev–Trinajstić information content (AvgIpc) is 3.22. The van der Waals surface area contributed by atoms with Gasteiger partial charge >= 0.3 is 12.0 Å². The minimum Gasteiger partial charge on any atom is -0.462 e.